The zero-order valence-corrected chi connectivity index (χ0v) is 13.5. The van der Waals surface area contributed by atoms with E-state index in [0.717, 1.165) is 30.1 Å². The third-order valence-corrected chi connectivity index (χ3v) is 4.72. The van der Waals surface area contributed by atoms with Crippen molar-refractivity contribution < 1.29 is 9.53 Å². The van der Waals surface area contributed by atoms with Crippen LogP contribution in [0.1, 0.15) is 18.4 Å². The molecule has 2 unspecified atom stereocenters. The van der Waals surface area contributed by atoms with Crippen LogP contribution in [0.4, 0.5) is 0 Å². The maximum Gasteiger partial charge on any atom is 0.221 e. The number of benzene rings is 1. The second-order valence-electron chi connectivity index (χ2n) is 5.68. The lowest BCUT2D eigenvalue weighted by molar-refractivity contribution is -0.122. The van der Waals surface area contributed by atoms with Crippen LogP contribution in [0.5, 0.6) is 0 Å². The van der Waals surface area contributed by atoms with Gasteiger partial charge in [0.1, 0.15) is 0 Å². The summed E-state index contributed by atoms with van der Waals surface area (Å²) in [6.45, 7) is 4.18. The zero-order chi connectivity index (χ0) is 15.4. The van der Waals surface area contributed by atoms with Crippen LogP contribution in [0.2, 0.25) is 0 Å². The first kappa shape index (κ1) is 15.4. The van der Waals surface area contributed by atoms with Gasteiger partial charge < -0.3 is 15.4 Å². The largest absolute Gasteiger partial charge is 0.378 e. The van der Waals surface area contributed by atoms with Crippen LogP contribution in [-0.4, -0.2) is 42.7 Å². The molecule has 1 fully saturated rings. The van der Waals surface area contributed by atoms with Gasteiger partial charge in [-0.15, -0.1) is 11.3 Å². The summed E-state index contributed by atoms with van der Waals surface area (Å²) in [6, 6.07) is 8.33. The van der Waals surface area contributed by atoms with Gasteiger partial charge in [-0.3, -0.25) is 4.79 Å². The molecule has 1 amide bonds. The Morgan fingerprint density at radius 3 is 3.18 bits per heavy atom. The van der Waals surface area contributed by atoms with E-state index in [1.54, 1.807) is 11.3 Å². The van der Waals surface area contributed by atoms with Crippen molar-refractivity contribution in [1.82, 2.24) is 15.6 Å². The standard InChI is InChI=1S/C16H21N3O2S/c1-11(18-15(20)9-12-10-21-7-6-17-12)8-16-19-13-4-2-3-5-14(13)22-16/h2-5,11-12,17H,6-10H2,1H3,(H,18,20). The normalized spacial score (nSPS) is 20.0. The summed E-state index contributed by atoms with van der Waals surface area (Å²) in [5.74, 6) is 0.0663. The minimum absolute atomic E-state index is 0.0663. The molecule has 2 atom stereocenters. The fourth-order valence-electron chi connectivity index (χ4n) is 2.63. The molecule has 0 spiro atoms. The van der Waals surface area contributed by atoms with Gasteiger partial charge in [-0.1, -0.05) is 12.1 Å². The number of morpholine rings is 1. The molecule has 2 heterocycles. The van der Waals surface area contributed by atoms with E-state index >= 15 is 0 Å². The Bertz CT molecular complexity index is 604. The predicted molar refractivity (Wildman–Crippen MR) is 88.2 cm³/mol. The predicted octanol–water partition coefficient (Wildman–Crippen LogP) is 1.72. The molecule has 2 aromatic rings. The molecule has 6 heteroatoms. The average molecular weight is 319 g/mol. The van der Waals surface area contributed by atoms with E-state index < -0.39 is 0 Å². The summed E-state index contributed by atoms with van der Waals surface area (Å²) >= 11 is 1.69. The monoisotopic (exact) mass is 319 g/mol. The Hall–Kier alpha value is -1.50. The highest BCUT2D eigenvalue weighted by Gasteiger charge is 2.18. The molecular formula is C16H21N3O2S. The van der Waals surface area contributed by atoms with Crippen molar-refractivity contribution in [1.29, 1.82) is 0 Å². The summed E-state index contributed by atoms with van der Waals surface area (Å²) in [6.07, 6.45) is 1.23. The second kappa shape index (κ2) is 7.17. The Morgan fingerprint density at radius 1 is 1.55 bits per heavy atom. The fourth-order valence-corrected chi connectivity index (χ4v) is 3.72. The summed E-state index contributed by atoms with van der Waals surface area (Å²) in [7, 11) is 0. The SMILES string of the molecule is CC(Cc1nc2ccccc2s1)NC(=O)CC1COCCN1. The minimum atomic E-state index is 0.0663. The summed E-state index contributed by atoms with van der Waals surface area (Å²) in [5.41, 5.74) is 1.03. The number of fused-ring (bicyclic) bond motifs is 1. The molecule has 2 N–H and O–H groups in total. The molecule has 3 rings (SSSR count). The Kier molecular flexibility index (Phi) is 5.02. The number of hydrogen-bond acceptors (Lipinski definition) is 5. The lowest BCUT2D eigenvalue weighted by Crippen LogP contribution is -2.45. The van der Waals surface area contributed by atoms with Gasteiger partial charge in [0.05, 0.1) is 28.4 Å². The van der Waals surface area contributed by atoms with E-state index in [9.17, 15) is 4.79 Å². The number of nitrogens with one attached hydrogen (secondary N) is 2. The number of nitrogens with zero attached hydrogens (tertiary/aromatic N) is 1. The molecule has 1 aromatic carbocycles. The van der Waals surface area contributed by atoms with E-state index in [1.807, 2.05) is 25.1 Å². The number of para-hydroxylation sites is 1. The van der Waals surface area contributed by atoms with Gasteiger partial charge in [-0.2, -0.15) is 0 Å². The molecule has 1 aromatic heterocycles. The first-order valence-electron chi connectivity index (χ1n) is 7.65. The quantitative estimate of drug-likeness (QED) is 0.881. The highest BCUT2D eigenvalue weighted by atomic mass is 32.1. The number of aromatic nitrogens is 1. The molecule has 0 bridgehead atoms. The number of thiazole rings is 1. The fraction of sp³-hybridized carbons (Fsp3) is 0.500. The number of ether oxygens (including phenoxy) is 1. The zero-order valence-electron chi connectivity index (χ0n) is 12.7. The lowest BCUT2D eigenvalue weighted by atomic mass is 10.1. The van der Waals surface area contributed by atoms with Gasteiger partial charge in [0.15, 0.2) is 0 Å². The molecular weight excluding hydrogens is 298 g/mol. The van der Waals surface area contributed by atoms with Gasteiger partial charge in [-0.25, -0.2) is 4.98 Å². The van der Waals surface area contributed by atoms with Crippen molar-refractivity contribution in [3.8, 4) is 0 Å². The van der Waals surface area contributed by atoms with Crippen molar-refractivity contribution >= 4 is 27.5 Å². The third-order valence-electron chi connectivity index (χ3n) is 3.66. The molecule has 22 heavy (non-hydrogen) atoms. The Labute approximate surface area is 134 Å². The average Bonchev–Trinajstić information content (AvgIpc) is 2.89. The Balaban J connectivity index is 1.50. The first-order chi connectivity index (χ1) is 10.7. The van der Waals surface area contributed by atoms with Gasteiger partial charge >= 0.3 is 0 Å². The van der Waals surface area contributed by atoms with Crippen LogP contribution < -0.4 is 10.6 Å². The number of hydrogen-bond donors (Lipinski definition) is 2. The van der Waals surface area contributed by atoms with Crippen molar-refractivity contribution in [2.24, 2.45) is 0 Å². The van der Waals surface area contributed by atoms with Crippen molar-refractivity contribution in [3.05, 3.63) is 29.3 Å². The molecule has 1 aliphatic rings. The smallest absolute Gasteiger partial charge is 0.221 e. The topological polar surface area (TPSA) is 63.2 Å². The van der Waals surface area contributed by atoms with E-state index in [1.165, 1.54) is 4.70 Å². The van der Waals surface area contributed by atoms with Crippen LogP contribution in [-0.2, 0) is 16.0 Å². The number of carbonyl (C=O) groups is 1. The summed E-state index contributed by atoms with van der Waals surface area (Å²) < 4.78 is 6.56. The third kappa shape index (κ3) is 4.03. The van der Waals surface area contributed by atoms with E-state index in [-0.39, 0.29) is 18.0 Å². The van der Waals surface area contributed by atoms with Gasteiger partial charge in [0.25, 0.3) is 0 Å². The van der Waals surface area contributed by atoms with Gasteiger partial charge in [-0.05, 0) is 19.1 Å². The number of amides is 1. The van der Waals surface area contributed by atoms with Crippen LogP contribution >= 0.6 is 11.3 Å². The molecule has 1 aliphatic heterocycles. The minimum Gasteiger partial charge on any atom is -0.378 e. The maximum atomic E-state index is 12.1. The Morgan fingerprint density at radius 2 is 2.41 bits per heavy atom. The van der Waals surface area contributed by atoms with Crippen LogP contribution in [0.3, 0.4) is 0 Å². The van der Waals surface area contributed by atoms with Crippen molar-refractivity contribution in [2.45, 2.75) is 31.8 Å². The molecule has 118 valence electrons. The molecule has 1 saturated heterocycles. The lowest BCUT2D eigenvalue weighted by Gasteiger charge is -2.24. The van der Waals surface area contributed by atoms with E-state index in [0.29, 0.717) is 13.0 Å². The van der Waals surface area contributed by atoms with E-state index in [2.05, 4.69) is 21.7 Å². The second-order valence-corrected chi connectivity index (χ2v) is 6.79. The molecule has 0 radical (unpaired) electrons. The van der Waals surface area contributed by atoms with E-state index in [4.69, 9.17) is 4.74 Å². The summed E-state index contributed by atoms with van der Waals surface area (Å²) in [4.78, 5) is 16.7. The molecule has 5 nitrogen and oxygen atoms in total. The first-order valence-corrected chi connectivity index (χ1v) is 8.47. The van der Waals surface area contributed by atoms with Crippen LogP contribution in [0, 0.1) is 0 Å². The van der Waals surface area contributed by atoms with Crippen molar-refractivity contribution in [2.75, 3.05) is 19.8 Å². The number of rotatable bonds is 5. The molecule has 0 aliphatic carbocycles. The highest BCUT2D eigenvalue weighted by molar-refractivity contribution is 7.18. The van der Waals surface area contributed by atoms with Crippen LogP contribution in [0.25, 0.3) is 10.2 Å². The van der Waals surface area contributed by atoms with Gasteiger partial charge in [0, 0.05) is 31.5 Å². The van der Waals surface area contributed by atoms with Crippen molar-refractivity contribution in [3.63, 3.8) is 0 Å². The molecule has 0 saturated carbocycles. The maximum absolute atomic E-state index is 12.1. The highest BCUT2D eigenvalue weighted by Crippen LogP contribution is 2.22. The van der Waals surface area contributed by atoms with Gasteiger partial charge in [0.2, 0.25) is 5.91 Å². The number of carbonyl (C=O) groups excluding carboxylic acids is 1. The van der Waals surface area contributed by atoms with Crippen LogP contribution in [0.15, 0.2) is 24.3 Å². The summed E-state index contributed by atoms with van der Waals surface area (Å²) in [5, 5.41) is 7.41.